The number of nitro benzene ring substituents is 1. The monoisotopic (exact) mass is 375 g/mol. The Bertz CT molecular complexity index is 682. The molecule has 0 radical (unpaired) electrons. The van der Waals surface area contributed by atoms with Crippen LogP contribution in [0.1, 0.15) is 5.56 Å². The van der Waals surface area contributed by atoms with Gasteiger partial charge in [0.25, 0.3) is 5.69 Å². The van der Waals surface area contributed by atoms with Crippen LogP contribution in [0.3, 0.4) is 0 Å². The molecule has 1 aliphatic rings. The zero-order valence-electron chi connectivity index (χ0n) is 12.7. The number of rotatable bonds is 4. The molecular weight excluding hydrogens is 358 g/mol. The van der Waals surface area contributed by atoms with E-state index in [4.69, 9.17) is 0 Å². The van der Waals surface area contributed by atoms with E-state index in [1.165, 1.54) is 11.6 Å². The van der Waals surface area contributed by atoms with Crippen LogP contribution < -0.4 is 4.90 Å². The molecule has 2 aromatic rings. The first-order chi connectivity index (χ1) is 11.1. The second-order valence-corrected chi connectivity index (χ2v) is 6.58. The largest absolute Gasteiger partial charge is 0.369 e. The molecular formula is C17H18BrN3O2. The lowest BCUT2D eigenvalue weighted by molar-refractivity contribution is -0.384. The zero-order valence-corrected chi connectivity index (χ0v) is 14.3. The molecule has 1 heterocycles. The highest BCUT2D eigenvalue weighted by Crippen LogP contribution is 2.22. The summed E-state index contributed by atoms with van der Waals surface area (Å²) in [5, 5.41) is 10.9. The van der Waals surface area contributed by atoms with Gasteiger partial charge in [0.05, 0.1) is 4.92 Å². The van der Waals surface area contributed by atoms with Gasteiger partial charge in [-0.05, 0) is 23.8 Å². The Hall–Kier alpha value is -1.92. The van der Waals surface area contributed by atoms with Gasteiger partial charge < -0.3 is 4.90 Å². The number of halogens is 1. The van der Waals surface area contributed by atoms with Gasteiger partial charge in [-0.25, -0.2) is 0 Å². The molecule has 0 aromatic heterocycles. The molecule has 0 bridgehead atoms. The van der Waals surface area contributed by atoms with Crippen LogP contribution in [-0.4, -0.2) is 36.0 Å². The van der Waals surface area contributed by atoms with E-state index in [2.05, 4.69) is 50.0 Å². The van der Waals surface area contributed by atoms with E-state index in [1.807, 2.05) is 6.07 Å². The van der Waals surface area contributed by atoms with E-state index in [-0.39, 0.29) is 10.6 Å². The lowest BCUT2D eigenvalue weighted by Gasteiger charge is -2.36. The van der Waals surface area contributed by atoms with Gasteiger partial charge in [-0.2, -0.15) is 0 Å². The molecule has 0 saturated carbocycles. The van der Waals surface area contributed by atoms with Gasteiger partial charge in [0, 0.05) is 55.0 Å². The topological polar surface area (TPSA) is 49.6 Å². The van der Waals surface area contributed by atoms with Gasteiger partial charge in [0.2, 0.25) is 0 Å². The SMILES string of the molecule is O=[N+]([O-])c1cccc(N2CCN(Cc3ccc(Br)cc3)CC2)c1. The molecule has 6 heteroatoms. The Balaban J connectivity index is 1.59. The maximum Gasteiger partial charge on any atom is 0.271 e. The minimum absolute atomic E-state index is 0.153. The number of benzene rings is 2. The molecule has 0 unspecified atom stereocenters. The highest BCUT2D eigenvalue weighted by Gasteiger charge is 2.18. The van der Waals surface area contributed by atoms with Crippen LogP contribution >= 0.6 is 15.9 Å². The summed E-state index contributed by atoms with van der Waals surface area (Å²) in [6.45, 7) is 4.63. The summed E-state index contributed by atoms with van der Waals surface area (Å²) in [7, 11) is 0. The van der Waals surface area contributed by atoms with E-state index in [1.54, 1.807) is 12.1 Å². The lowest BCUT2D eigenvalue weighted by atomic mass is 10.2. The fraction of sp³-hybridized carbons (Fsp3) is 0.294. The summed E-state index contributed by atoms with van der Waals surface area (Å²) in [5.74, 6) is 0. The fourth-order valence-corrected chi connectivity index (χ4v) is 3.08. The van der Waals surface area contributed by atoms with Crippen LogP contribution in [0.2, 0.25) is 0 Å². The minimum atomic E-state index is -0.340. The summed E-state index contributed by atoms with van der Waals surface area (Å²) >= 11 is 3.45. The van der Waals surface area contributed by atoms with Gasteiger partial charge >= 0.3 is 0 Å². The average molecular weight is 376 g/mol. The number of anilines is 1. The molecule has 5 nitrogen and oxygen atoms in total. The van der Waals surface area contributed by atoms with Crippen molar-refractivity contribution in [2.75, 3.05) is 31.1 Å². The van der Waals surface area contributed by atoms with Crippen molar-refractivity contribution in [2.45, 2.75) is 6.54 Å². The van der Waals surface area contributed by atoms with Crippen molar-refractivity contribution < 1.29 is 4.92 Å². The Morgan fingerprint density at radius 1 is 1.04 bits per heavy atom. The normalized spacial score (nSPS) is 15.6. The second kappa shape index (κ2) is 7.10. The van der Waals surface area contributed by atoms with Crippen LogP contribution in [0.5, 0.6) is 0 Å². The van der Waals surface area contributed by atoms with Gasteiger partial charge in [-0.3, -0.25) is 15.0 Å². The first-order valence-electron chi connectivity index (χ1n) is 7.58. The highest BCUT2D eigenvalue weighted by molar-refractivity contribution is 9.10. The smallest absolute Gasteiger partial charge is 0.271 e. The molecule has 2 aromatic carbocycles. The molecule has 1 aliphatic heterocycles. The van der Waals surface area contributed by atoms with Gasteiger partial charge in [-0.15, -0.1) is 0 Å². The fourth-order valence-electron chi connectivity index (χ4n) is 2.82. The van der Waals surface area contributed by atoms with Gasteiger partial charge in [0.15, 0.2) is 0 Å². The molecule has 1 saturated heterocycles. The molecule has 0 atom stereocenters. The Morgan fingerprint density at radius 2 is 1.74 bits per heavy atom. The number of hydrogen-bond acceptors (Lipinski definition) is 4. The summed E-state index contributed by atoms with van der Waals surface area (Å²) in [5.41, 5.74) is 2.39. The van der Waals surface area contributed by atoms with Crippen LogP contribution in [-0.2, 0) is 6.54 Å². The average Bonchev–Trinajstić information content (AvgIpc) is 2.58. The van der Waals surface area contributed by atoms with Crippen LogP contribution in [0.4, 0.5) is 11.4 Å². The number of piperazine rings is 1. The van der Waals surface area contributed by atoms with Gasteiger partial charge in [-0.1, -0.05) is 34.1 Å². The summed E-state index contributed by atoms with van der Waals surface area (Å²) in [4.78, 5) is 15.2. The van der Waals surface area contributed by atoms with Crippen molar-refractivity contribution in [3.63, 3.8) is 0 Å². The van der Waals surface area contributed by atoms with Crippen LogP contribution in [0.15, 0.2) is 53.0 Å². The van der Waals surface area contributed by atoms with Gasteiger partial charge in [0.1, 0.15) is 0 Å². The predicted molar refractivity (Wildman–Crippen MR) is 94.7 cm³/mol. The lowest BCUT2D eigenvalue weighted by Crippen LogP contribution is -2.45. The summed E-state index contributed by atoms with van der Waals surface area (Å²) in [6.07, 6.45) is 0. The maximum absolute atomic E-state index is 10.9. The van der Waals surface area contributed by atoms with Crippen LogP contribution in [0, 0.1) is 10.1 Å². The standard InChI is InChI=1S/C17H18BrN3O2/c18-15-6-4-14(5-7-15)13-19-8-10-20(11-9-19)16-2-1-3-17(12-16)21(22)23/h1-7,12H,8-11,13H2. The van der Waals surface area contributed by atoms with E-state index in [0.717, 1.165) is 42.9 Å². The second-order valence-electron chi connectivity index (χ2n) is 5.67. The van der Waals surface area contributed by atoms with E-state index in [0.29, 0.717) is 0 Å². The van der Waals surface area contributed by atoms with E-state index in [9.17, 15) is 10.1 Å². The molecule has 1 fully saturated rings. The Kier molecular flexibility index (Phi) is 4.93. The molecule has 0 amide bonds. The molecule has 120 valence electrons. The van der Waals surface area contributed by atoms with Crippen LogP contribution in [0.25, 0.3) is 0 Å². The third kappa shape index (κ3) is 4.09. The van der Waals surface area contributed by atoms with E-state index < -0.39 is 0 Å². The van der Waals surface area contributed by atoms with Crippen molar-refractivity contribution in [3.05, 3.63) is 68.7 Å². The number of nitrogens with zero attached hydrogens (tertiary/aromatic N) is 3. The first-order valence-corrected chi connectivity index (χ1v) is 8.37. The molecule has 0 N–H and O–H groups in total. The van der Waals surface area contributed by atoms with Crippen molar-refractivity contribution in [1.29, 1.82) is 0 Å². The summed E-state index contributed by atoms with van der Waals surface area (Å²) < 4.78 is 1.09. The first kappa shape index (κ1) is 16.0. The maximum atomic E-state index is 10.9. The van der Waals surface area contributed by atoms with Crippen molar-refractivity contribution in [2.24, 2.45) is 0 Å². The summed E-state index contributed by atoms with van der Waals surface area (Å²) in [6, 6.07) is 15.3. The number of nitro groups is 1. The molecule has 3 rings (SSSR count). The third-order valence-corrected chi connectivity index (χ3v) is 4.63. The Morgan fingerprint density at radius 3 is 2.39 bits per heavy atom. The van der Waals surface area contributed by atoms with E-state index >= 15 is 0 Å². The van der Waals surface area contributed by atoms with Crippen molar-refractivity contribution >= 4 is 27.3 Å². The number of hydrogen-bond donors (Lipinski definition) is 0. The predicted octanol–water partition coefficient (Wildman–Crippen LogP) is 3.68. The van der Waals surface area contributed by atoms with Crippen molar-refractivity contribution in [1.82, 2.24) is 4.90 Å². The molecule has 0 spiro atoms. The third-order valence-electron chi connectivity index (χ3n) is 4.10. The zero-order chi connectivity index (χ0) is 16.2. The minimum Gasteiger partial charge on any atom is -0.369 e. The number of non-ortho nitro benzene ring substituents is 1. The Labute approximate surface area is 143 Å². The highest BCUT2D eigenvalue weighted by atomic mass is 79.9. The molecule has 0 aliphatic carbocycles. The quantitative estimate of drug-likeness (QED) is 0.604. The molecule has 23 heavy (non-hydrogen) atoms. The van der Waals surface area contributed by atoms with Crippen molar-refractivity contribution in [3.8, 4) is 0 Å².